The van der Waals surface area contributed by atoms with E-state index in [0.717, 1.165) is 10.6 Å². The third-order valence-electron chi connectivity index (χ3n) is 3.60. The monoisotopic (exact) mass is 287 g/mol. The molecule has 104 valence electrons. The molecule has 3 rings (SSSR count). The first kappa shape index (κ1) is 13.3. The smallest absolute Gasteiger partial charge is 0.347 e. The zero-order valence-corrected chi connectivity index (χ0v) is 12.4. The number of carbonyl (C=O) groups is 1. The molecule has 4 heteroatoms. The van der Waals surface area contributed by atoms with Crippen LogP contribution in [-0.4, -0.2) is 16.1 Å². The number of aromatic carboxylic acids is 1. The standard InChI is InChI=1S/C16H17NO2S/c1-9(2)13-14(16(18)19)20-15(17-13)12-6-4-3-5-11(12)10-7-8-10/h3-6,9-10H,7-8H2,1-2H3,(H,18,19). The first-order chi connectivity index (χ1) is 9.58. The van der Waals surface area contributed by atoms with Crippen LogP contribution in [0.2, 0.25) is 0 Å². The first-order valence-corrected chi connectivity index (χ1v) is 7.73. The van der Waals surface area contributed by atoms with Gasteiger partial charge in [-0.1, -0.05) is 38.1 Å². The Kier molecular flexibility index (Phi) is 3.34. The third kappa shape index (κ3) is 2.36. The molecule has 1 N–H and O–H groups in total. The number of carboxylic acid groups (broad SMARTS) is 1. The van der Waals surface area contributed by atoms with Crippen molar-refractivity contribution in [1.29, 1.82) is 0 Å². The van der Waals surface area contributed by atoms with Crippen molar-refractivity contribution in [3.05, 3.63) is 40.4 Å². The summed E-state index contributed by atoms with van der Waals surface area (Å²) in [5.74, 6) is -0.119. The van der Waals surface area contributed by atoms with Gasteiger partial charge in [0.2, 0.25) is 0 Å². The number of hydrogen-bond acceptors (Lipinski definition) is 3. The summed E-state index contributed by atoms with van der Waals surface area (Å²) in [6.45, 7) is 3.97. The summed E-state index contributed by atoms with van der Waals surface area (Å²) in [7, 11) is 0. The fourth-order valence-electron chi connectivity index (χ4n) is 2.43. The summed E-state index contributed by atoms with van der Waals surface area (Å²) < 4.78 is 0. The van der Waals surface area contributed by atoms with E-state index in [1.165, 1.54) is 29.7 Å². The van der Waals surface area contributed by atoms with Gasteiger partial charge in [-0.25, -0.2) is 9.78 Å². The molecular formula is C16H17NO2S. The molecule has 0 spiro atoms. The summed E-state index contributed by atoms with van der Waals surface area (Å²) >= 11 is 1.30. The van der Waals surface area contributed by atoms with Crippen LogP contribution in [-0.2, 0) is 0 Å². The van der Waals surface area contributed by atoms with Crippen LogP contribution in [0.4, 0.5) is 0 Å². The molecule has 0 radical (unpaired) electrons. The molecule has 0 amide bonds. The van der Waals surface area contributed by atoms with Gasteiger partial charge in [-0.2, -0.15) is 0 Å². The van der Waals surface area contributed by atoms with Crippen molar-refractivity contribution < 1.29 is 9.90 Å². The number of aromatic nitrogens is 1. The number of rotatable bonds is 4. The number of thiazole rings is 1. The Morgan fingerprint density at radius 3 is 2.60 bits per heavy atom. The number of hydrogen-bond donors (Lipinski definition) is 1. The lowest BCUT2D eigenvalue weighted by atomic mass is 10.0. The summed E-state index contributed by atoms with van der Waals surface area (Å²) in [5.41, 5.74) is 3.12. The highest BCUT2D eigenvalue weighted by Gasteiger charge is 2.28. The summed E-state index contributed by atoms with van der Waals surface area (Å²) in [5, 5.41) is 10.2. The number of carboxylic acids is 1. The molecule has 1 heterocycles. The van der Waals surface area contributed by atoms with E-state index in [9.17, 15) is 9.90 Å². The second kappa shape index (κ2) is 5.02. The zero-order chi connectivity index (χ0) is 14.3. The molecule has 0 aliphatic heterocycles. The van der Waals surface area contributed by atoms with E-state index in [0.29, 0.717) is 16.5 Å². The molecule has 1 aromatic heterocycles. The lowest BCUT2D eigenvalue weighted by Gasteiger charge is -2.05. The van der Waals surface area contributed by atoms with Gasteiger partial charge in [-0.05, 0) is 30.2 Å². The predicted molar refractivity (Wildman–Crippen MR) is 80.6 cm³/mol. The van der Waals surface area contributed by atoms with Crippen LogP contribution in [0, 0.1) is 0 Å². The molecule has 1 fully saturated rings. The van der Waals surface area contributed by atoms with Crippen molar-refractivity contribution in [1.82, 2.24) is 4.98 Å². The summed E-state index contributed by atoms with van der Waals surface area (Å²) in [6.07, 6.45) is 2.45. The summed E-state index contributed by atoms with van der Waals surface area (Å²) in [4.78, 5) is 16.4. The molecule has 2 aromatic rings. The molecule has 20 heavy (non-hydrogen) atoms. The average Bonchev–Trinajstić information content (AvgIpc) is 3.16. The van der Waals surface area contributed by atoms with Crippen molar-refractivity contribution in [2.75, 3.05) is 0 Å². The second-order valence-corrected chi connectivity index (χ2v) is 6.55. The van der Waals surface area contributed by atoms with Gasteiger partial charge in [0.05, 0.1) is 5.69 Å². The maximum Gasteiger partial charge on any atom is 0.347 e. The maximum atomic E-state index is 11.4. The third-order valence-corrected chi connectivity index (χ3v) is 4.70. The normalized spacial score (nSPS) is 14.8. The second-order valence-electron chi connectivity index (χ2n) is 5.55. The van der Waals surface area contributed by atoms with Crippen LogP contribution in [0.25, 0.3) is 10.6 Å². The molecule has 3 nitrogen and oxygen atoms in total. The topological polar surface area (TPSA) is 50.2 Å². The molecule has 1 aromatic carbocycles. The maximum absolute atomic E-state index is 11.4. The van der Waals surface area contributed by atoms with Gasteiger partial charge >= 0.3 is 5.97 Å². The van der Waals surface area contributed by atoms with E-state index in [1.54, 1.807) is 0 Å². The van der Waals surface area contributed by atoms with Crippen molar-refractivity contribution >= 4 is 17.3 Å². The van der Waals surface area contributed by atoms with Crippen LogP contribution in [0.3, 0.4) is 0 Å². The van der Waals surface area contributed by atoms with Crippen LogP contribution in [0.1, 0.15) is 59.5 Å². The summed E-state index contributed by atoms with van der Waals surface area (Å²) in [6, 6.07) is 8.25. The number of nitrogens with zero attached hydrogens (tertiary/aromatic N) is 1. The van der Waals surface area contributed by atoms with Crippen LogP contribution >= 0.6 is 11.3 Å². The minimum atomic E-state index is -0.874. The highest BCUT2D eigenvalue weighted by Crippen LogP contribution is 2.45. The Hall–Kier alpha value is -1.68. The van der Waals surface area contributed by atoms with Crippen LogP contribution in [0.5, 0.6) is 0 Å². The molecule has 1 saturated carbocycles. The van der Waals surface area contributed by atoms with Crippen LogP contribution in [0.15, 0.2) is 24.3 Å². The van der Waals surface area contributed by atoms with Gasteiger partial charge in [-0.3, -0.25) is 0 Å². The van der Waals surface area contributed by atoms with E-state index in [-0.39, 0.29) is 5.92 Å². The fraction of sp³-hybridized carbons (Fsp3) is 0.375. The lowest BCUT2D eigenvalue weighted by Crippen LogP contribution is -2.00. The van der Waals surface area contributed by atoms with Gasteiger partial charge in [-0.15, -0.1) is 11.3 Å². The highest BCUT2D eigenvalue weighted by molar-refractivity contribution is 7.17. The Morgan fingerprint density at radius 2 is 2.05 bits per heavy atom. The van der Waals surface area contributed by atoms with Crippen molar-refractivity contribution in [3.63, 3.8) is 0 Å². The molecule has 0 saturated heterocycles. The Bertz CT molecular complexity index is 656. The van der Waals surface area contributed by atoms with Crippen molar-refractivity contribution in [2.45, 2.75) is 38.5 Å². The molecular weight excluding hydrogens is 270 g/mol. The largest absolute Gasteiger partial charge is 0.477 e. The van der Waals surface area contributed by atoms with E-state index >= 15 is 0 Å². The van der Waals surface area contributed by atoms with Crippen molar-refractivity contribution in [2.24, 2.45) is 0 Å². The Balaban J connectivity index is 2.11. The Morgan fingerprint density at radius 1 is 1.35 bits per heavy atom. The number of benzene rings is 1. The van der Waals surface area contributed by atoms with E-state index in [4.69, 9.17) is 0 Å². The van der Waals surface area contributed by atoms with E-state index in [1.807, 2.05) is 26.0 Å². The predicted octanol–water partition coefficient (Wildman–Crippen LogP) is 4.51. The minimum Gasteiger partial charge on any atom is -0.477 e. The average molecular weight is 287 g/mol. The highest BCUT2D eigenvalue weighted by atomic mass is 32.1. The van der Waals surface area contributed by atoms with Gasteiger partial charge in [0.15, 0.2) is 0 Å². The molecule has 1 aliphatic carbocycles. The molecule has 0 unspecified atom stereocenters. The van der Waals surface area contributed by atoms with Crippen molar-refractivity contribution in [3.8, 4) is 10.6 Å². The Labute approximate surface area is 122 Å². The van der Waals surface area contributed by atoms with Gasteiger partial charge in [0.1, 0.15) is 9.88 Å². The molecule has 0 atom stereocenters. The van der Waals surface area contributed by atoms with Crippen LogP contribution < -0.4 is 0 Å². The van der Waals surface area contributed by atoms with Gasteiger partial charge in [0, 0.05) is 5.56 Å². The lowest BCUT2D eigenvalue weighted by molar-refractivity contribution is 0.0700. The van der Waals surface area contributed by atoms with E-state index < -0.39 is 5.97 Å². The zero-order valence-electron chi connectivity index (χ0n) is 11.6. The minimum absolute atomic E-state index is 0.124. The van der Waals surface area contributed by atoms with Gasteiger partial charge in [0.25, 0.3) is 0 Å². The SMILES string of the molecule is CC(C)c1nc(-c2ccccc2C2CC2)sc1C(=O)O. The molecule has 0 bridgehead atoms. The van der Waals surface area contributed by atoms with E-state index in [2.05, 4.69) is 17.1 Å². The first-order valence-electron chi connectivity index (χ1n) is 6.91. The van der Waals surface area contributed by atoms with Gasteiger partial charge < -0.3 is 5.11 Å². The fourth-order valence-corrected chi connectivity index (χ4v) is 3.54. The quantitative estimate of drug-likeness (QED) is 0.900. The molecule has 1 aliphatic rings.